The third kappa shape index (κ3) is 5.41. The fourth-order valence-corrected chi connectivity index (χ4v) is 0.786. The molecule has 0 spiro atoms. The molecule has 1 atom stereocenters. The Hall–Kier alpha value is -0.840. The van der Waals surface area contributed by atoms with Crippen LogP contribution in [0.3, 0.4) is 0 Å². The monoisotopic (exact) mass is 191 g/mol. The topological polar surface area (TPSA) is 67.2 Å². The van der Waals surface area contributed by atoms with Gasteiger partial charge in [0.25, 0.3) is 0 Å². The molecule has 0 aliphatic rings. The molecule has 0 radical (unpaired) electrons. The van der Waals surface area contributed by atoms with E-state index in [4.69, 9.17) is 15.0 Å². The van der Waals surface area contributed by atoms with Crippen molar-refractivity contribution in [1.29, 1.82) is 0 Å². The van der Waals surface area contributed by atoms with Gasteiger partial charge in [0.1, 0.15) is 0 Å². The molecule has 0 amide bonds. The molecular weight excluding hydrogens is 177 g/mol. The summed E-state index contributed by atoms with van der Waals surface area (Å²) in [6.07, 6.45) is -2.34. The van der Waals surface area contributed by atoms with E-state index in [1.807, 2.05) is 0 Å². The van der Waals surface area contributed by atoms with Gasteiger partial charge in [0.15, 0.2) is 12.5 Å². The first-order chi connectivity index (χ1) is 6.26. The Balaban J connectivity index is 3.92. The highest BCUT2D eigenvalue weighted by Crippen LogP contribution is 2.06. The van der Waals surface area contributed by atoms with E-state index in [1.165, 1.54) is 0 Å². The molecule has 0 rings (SSSR count). The summed E-state index contributed by atoms with van der Waals surface area (Å²) in [6.45, 7) is 3.95. The van der Waals surface area contributed by atoms with E-state index in [0.29, 0.717) is 13.2 Å². The molecule has 0 aromatic heterocycles. The molecule has 0 saturated carbocycles. The van der Waals surface area contributed by atoms with Crippen molar-refractivity contribution >= 4 is 0 Å². The molecule has 0 bridgehead atoms. The third-order valence-electron chi connectivity index (χ3n) is 1.28. The predicted octanol–water partition coefficient (Wildman–Crippen LogP) is 2.03. The minimum atomic E-state index is -1.41. The van der Waals surface area contributed by atoms with Crippen LogP contribution in [0, 0.1) is 0 Å². The van der Waals surface area contributed by atoms with Crippen LogP contribution >= 0.6 is 0 Å². The standard InChI is InChI=1S/C7H14FN3O2/c1-3-12-7(13-4-2)6(8)5-10-11-9/h6-7H,3-5H2,1-2H3. The van der Waals surface area contributed by atoms with E-state index >= 15 is 0 Å². The van der Waals surface area contributed by atoms with Gasteiger partial charge in [-0.15, -0.1) is 0 Å². The van der Waals surface area contributed by atoms with Crippen LogP contribution in [0.25, 0.3) is 10.4 Å². The lowest BCUT2D eigenvalue weighted by Gasteiger charge is -2.19. The average Bonchev–Trinajstić information content (AvgIpc) is 2.14. The highest BCUT2D eigenvalue weighted by Gasteiger charge is 2.20. The van der Waals surface area contributed by atoms with Gasteiger partial charge in [0.2, 0.25) is 0 Å². The fraction of sp³-hybridized carbons (Fsp3) is 1.00. The Labute approximate surface area is 76.5 Å². The zero-order chi connectivity index (χ0) is 10.1. The van der Waals surface area contributed by atoms with Crippen molar-refractivity contribution in [2.75, 3.05) is 19.8 Å². The summed E-state index contributed by atoms with van der Waals surface area (Å²) in [7, 11) is 0. The summed E-state index contributed by atoms with van der Waals surface area (Å²) >= 11 is 0. The van der Waals surface area contributed by atoms with Crippen LogP contribution in [0.4, 0.5) is 4.39 Å². The van der Waals surface area contributed by atoms with E-state index in [1.54, 1.807) is 13.8 Å². The van der Waals surface area contributed by atoms with E-state index in [-0.39, 0.29) is 6.54 Å². The molecule has 13 heavy (non-hydrogen) atoms. The normalized spacial score (nSPS) is 12.6. The predicted molar refractivity (Wildman–Crippen MR) is 45.9 cm³/mol. The second kappa shape index (κ2) is 7.79. The zero-order valence-electron chi connectivity index (χ0n) is 7.81. The van der Waals surface area contributed by atoms with Gasteiger partial charge < -0.3 is 9.47 Å². The summed E-state index contributed by atoms with van der Waals surface area (Å²) in [4.78, 5) is 2.45. The van der Waals surface area contributed by atoms with Crippen molar-refractivity contribution in [2.45, 2.75) is 26.3 Å². The number of azide groups is 1. The lowest BCUT2D eigenvalue weighted by atomic mass is 10.4. The SMILES string of the molecule is CCOC(OCC)C(F)CN=[N+]=[N-]. The van der Waals surface area contributed by atoms with Gasteiger partial charge in [-0.25, -0.2) is 4.39 Å². The quantitative estimate of drug-likeness (QED) is 0.267. The van der Waals surface area contributed by atoms with Crippen molar-refractivity contribution in [3.8, 4) is 0 Å². The molecule has 6 heteroatoms. The Morgan fingerprint density at radius 1 is 1.38 bits per heavy atom. The minimum absolute atomic E-state index is 0.263. The van der Waals surface area contributed by atoms with Crippen LogP contribution in [-0.2, 0) is 9.47 Å². The molecular formula is C7H14FN3O2. The molecule has 0 heterocycles. The maximum Gasteiger partial charge on any atom is 0.188 e. The van der Waals surface area contributed by atoms with Crippen LogP contribution in [0.15, 0.2) is 5.11 Å². The molecule has 0 fully saturated rings. The van der Waals surface area contributed by atoms with Crippen LogP contribution in [-0.4, -0.2) is 32.2 Å². The molecule has 0 aromatic rings. The highest BCUT2D eigenvalue weighted by molar-refractivity contribution is 4.64. The molecule has 0 aliphatic carbocycles. The number of hydrogen-bond donors (Lipinski definition) is 0. The first-order valence-corrected chi connectivity index (χ1v) is 4.14. The van der Waals surface area contributed by atoms with Crippen LogP contribution in [0.1, 0.15) is 13.8 Å². The van der Waals surface area contributed by atoms with Gasteiger partial charge in [-0.2, -0.15) is 0 Å². The first-order valence-electron chi connectivity index (χ1n) is 4.14. The number of hydrogen-bond acceptors (Lipinski definition) is 3. The van der Waals surface area contributed by atoms with E-state index < -0.39 is 12.5 Å². The Morgan fingerprint density at radius 3 is 2.31 bits per heavy atom. The average molecular weight is 191 g/mol. The maximum absolute atomic E-state index is 13.1. The first kappa shape index (κ1) is 12.2. The second-order valence-corrected chi connectivity index (χ2v) is 2.21. The van der Waals surface area contributed by atoms with Crippen LogP contribution in [0.2, 0.25) is 0 Å². The van der Waals surface area contributed by atoms with Crippen molar-refractivity contribution in [3.63, 3.8) is 0 Å². The van der Waals surface area contributed by atoms with Crippen LogP contribution in [0.5, 0.6) is 0 Å². The zero-order valence-corrected chi connectivity index (χ0v) is 7.81. The van der Waals surface area contributed by atoms with Gasteiger partial charge in [0.05, 0.1) is 6.54 Å². The third-order valence-corrected chi connectivity index (χ3v) is 1.28. The molecule has 0 N–H and O–H groups in total. The number of ether oxygens (including phenoxy) is 2. The number of halogens is 1. The lowest BCUT2D eigenvalue weighted by Crippen LogP contribution is -2.30. The van der Waals surface area contributed by atoms with Gasteiger partial charge in [-0.1, -0.05) is 5.11 Å². The smallest absolute Gasteiger partial charge is 0.188 e. The van der Waals surface area contributed by atoms with Crippen molar-refractivity contribution < 1.29 is 13.9 Å². The number of nitrogens with zero attached hydrogens (tertiary/aromatic N) is 3. The molecule has 0 aromatic carbocycles. The van der Waals surface area contributed by atoms with Crippen molar-refractivity contribution in [3.05, 3.63) is 10.4 Å². The number of rotatable bonds is 7. The number of alkyl halides is 1. The molecule has 0 aliphatic heterocycles. The van der Waals surface area contributed by atoms with Crippen LogP contribution < -0.4 is 0 Å². The van der Waals surface area contributed by atoms with Gasteiger partial charge >= 0.3 is 0 Å². The van der Waals surface area contributed by atoms with Crippen molar-refractivity contribution in [1.82, 2.24) is 0 Å². The lowest BCUT2D eigenvalue weighted by molar-refractivity contribution is -0.169. The molecule has 0 saturated heterocycles. The Morgan fingerprint density at radius 2 is 1.92 bits per heavy atom. The molecule has 1 unspecified atom stereocenters. The van der Waals surface area contributed by atoms with Gasteiger partial charge in [-0.3, -0.25) is 0 Å². The molecule has 76 valence electrons. The largest absolute Gasteiger partial charge is 0.350 e. The Bertz CT molecular complexity index is 167. The summed E-state index contributed by atoms with van der Waals surface area (Å²) in [5.41, 5.74) is 7.97. The summed E-state index contributed by atoms with van der Waals surface area (Å²) in [5, 5.41) is 3.10. The molecule has 5 nitrogen and oxygen atoms in total. The minimum Gasteiger partial charge on any atom is -0.350 e. The van der Waals surface area contributed by atoms with E-state index in [2.05, 4.69) is 10.0 Å². The van der Waals surface area contributed by atoms with E-state index in [0.717, 1.165) is 0 Å². The van der Waals surface area contributed by atoms with Gasteiger partial charge in [-0.05, 0) is 19.4 Å². The highest BCUT2D eigenvalue weighted by atomic mass is 19.1. The summed E-state index contributed by atoms with van der Waals surface area (Å²) in [6, 6.07) is 0. The fourth-order valence-electron chi connectivity index (χ4n) is 0.786. The van der Waals surface area contributed by atoms with Gasteiger partial charge in [0, 0.05) is 18.1 Å². The summed E-state index contributed by atoms with van der Waals surface area (Å²) in [5.74, 6) is 0. The Kier molecular flexibility index (Phi) is 7.29. The van der Waals surface area contributed by atoms with E-state index in [9.17, 15) is 4.39 Å². The maximum atomic E-state index is 13.1. The van der Waals surface area contributed by atoms with Crippen molar-refractivity contribution in [2.24, 2.45) is 5.11 Å². The second-order valence-electron chi connectivity index (χ2n) is 2.21. The summed E-state index contributed by atoms with van der Waals surface area (Å²) < 4.78 is 23.0.